The molecule has 0 aliphatic carbocycles. The summed E-state index contributed by atoms with van der Waals surface area (Å²) < 4.78 is 5.47. The van der Waals surface area contributed by atoms with Crippen molar-refractivity contribution in [3.05, 3.63) is 95.6 Å². The summed E-state index contributed by atoms with van der Waals surface area (Å²) >= 11 is 0. The van der Waals surface area contributed by atoms with Gasteiger partial charge in [-0.25, -0.2) is 4.79 Å². The molecule has 3 rings (SSSR count). The smallest absolute Gasteiger partial charge is 0.343 e. The van der Waals surface area contributed by atoms with Gasteiger partial charge in [0.05, 0.1) is 5.56 Å². The molecule has 0 heterocycles. The zero-order chi connectivity index (χ0) is 17.6. The van der Waals surface area contributed by atoms with Crippen LogP contribution in [0.25, 0.3) is 0 Å². The summed E-state index contributed by atoms with van der Waals surface area (Å²) in [5, 5.41) is 2.81. The van der Waals surface area contributed by atoms with Gasteiger partial charge in [0.25, 0.3) is 5.91 Å². The summed E-state index contributed by atoms with van der Waals surface area (Å²) in [5.41, 5.74) is 2.41. The van der Waals surface area contributed by atoms with Crippen LogP contribution in [0, 0.1) is 6.92 Å². The molecule has 3 aromatic rings. The molecule has 4 nitrogen and oxygen atoms in total. The Morgan fingerprint density at radius 1 is 0.800 bits per heavy atom. The number of benzene rings is 3. The maximum Gasteiger partial charge on any atom is 0.343 e. The Morgan fingerprint density at radius 3 is 2.04 bits per heavy atom. The van der Waals surface area contributed by atoms with Gasteiger partial charge in [0, 0.05) is 17.3 Å². The summed E-state index contributed by atoms with van der Waals surface area (Å²) in [6.07, 6.45) is 0. The van der Waals surface area contributed by atoms with Crippen LogP contribution in [0.3, 0.4) is 0 Å². The van der Waals surface area contributed by atoms with Crippen LogP contribution in [0.1, 0.15) is 26.3 Å². The quantitative estimate of drug-likeness (QED) is 0.567. The van der Waals surface area contributed by atoms with Crippen molar-refractivity contribution in [3.8, 4) is 5.75 Å². The number of aryl methyl sites for hydroxylation is 1. The predicted octanol–water partition coefficient (Wildman–Crippen LogP) is 4.47. The summed E-state index contributed by atoms with van der Waals surface area (Å²) in [4.78, 5) is 24.4. The van der Waals surface area contributed by atoms with Crippen molar-refractivity contribution in [2.75, 3.05) is 5.32 Å². The molecule has 0 aromatic heterocycles. The number of anilines is 1. The molecule has 0 fully saturated rings. The SMILES string of the molecule is Cc1ccc(NC(=O)c2ccccc2)cc1OC(=O)c1ccccc1. The molecule has 0 radical (unpaired) electrons. The highest BCUT2D eigenvalue weighted by Crippen LogP contribution is 2.24. The molecule has 3 aromatic carbocycles. The maximum absolute atomic E-state index is 12.2. The number of hydrogen-bond acceptors (Lipinski definition) is 3. The molecular formula is C21H17NO3. The highest BCUT2D eigenvalue weighted by molar-refractivity contribution is 6.04. The lowest BCUT2D eigenvalue weighted by molar-refractivity contribution is 0.0733. The first-order valence-electron chi connectivity index (χ1n) is 7.88. The van der Waals surface area contributed by atoms with E-state index in [1.54, 1.807) is 66.7 Å². The van der Waals surface area contributed by atoms with E-state index in [1.807, 2.05) is 19.1 Å². The summed E-state index contributed by atoms with van der Waals surface area (Å²) in [7, 11) is 0. The van der Waals surface area contributed by atoms with E-state index in [9.17, 15) is 9.59 Å². The molecule has 0 spiro atoms. The van der Waals surface area contributed by atoms with Gasteiger partial charge >= 0.3 is 5.97 Å². The minimum absolute atomic E-state index is 0.218. The minimum Gasteiger partial charge on any atom is -0.423 e. The van der Waals surface area contributed by atoms with E-state index in [4.69, 9.17) is 4.74 Å². The third kappa shape index (κ3) is 4.12. The Bertz CT molecular complexity index is 890. The van der Waals surface area contributed by atoms with Gasteiger partial charge in [0.2, 0.25) is 0 Å². The number of ether oxygens (including phenoxy) is 1. The van der Waals surface area contributed by atoms with E-state index >= 15 is 0 Å². The molecule has 0 aliphatic heterocycles. The Hall–Kier alpha value is -3.40. The fourth-order valence-corrected chi connectivity index (χ4v) is 2.31. The number of carbonyl (C=O) groups excluding carboxylic acids is 2. The molecule has 1 N–H and O–H groups in total. The fraction of sp³-hybridized carbons (Fsp3) is 0.0476. The van der Waals surface area contributed by atoms with Crippen LogP contribution in [0.5, 0.6) is 5.75 Å². The minimum atomic E-state index is -0.435. The van der Waals surface area contributed by atoms with Crippen LogP contribution in [-0.2, 0) is 0 Å². The van der Waals surface area contributed by atoms with Gasteiger partial charge in [-0.15, -0.1) is 0 Å². The molecule has 0 saturated carbocycles. The van der Waals surface area contributed by atoms with Crippen molar-refractivity contribution in [3.63, 3.8) is 0 Å². The van der Waals surface area contributed by atoms with Gasteiger partial charge in [0.15, 0.2) is 0 Å². The number of esters is 1. The summed E-state index contributed by atoms with van der Waals surface area (Å²) in [6, 6.07) is 22.9. The Morgan fingerprint density at radius 2 is 1.40 bits per heavy atom. The monoisotopic (exact) mass is 331 g/mol. The van der Waals surface area contributed by atoms with Crippen molar-refractivity contribution in [1.29, 1.82) is 0 Å². The second-order valence-electron chi connectivity index (χ2n) is 5.56. The highest BCUT2D eigenvalue weighted by Gasteiger charge is 2.12. The average Bonchev–Trinajstić information content (AvgIpc) is 2.66. The Balaban J connectivity index is 1.76. The zero-order valence-corrected chi connectivity index (χ0v) is 13.7. The zero-order valence-electron chi connectivity index (χ0n) is 13.7. The largest absolute Gasteiger partial charge is 0.423 e. The molecule has 1 amide bonds. The first-order valence-corrected chi connectivity index (χ1v) is 7.88. The molecule has 0 saturated heterocycles. The summed E-state index contributed by atoms with van der Waals surface area (Å²) in [6.45, 7) is 1.84. The van der Waals surface area contributed by atoms with Crippen LogP contribution >= 0.6 is 0 Å². The van der Waals surface area contributed by atoms with Crippen molar-refractivity contribution >= 4 is 17.6 Å². The first-order chi connectivity index (χ1) is 12.1. The molecular weight excluding hydrogens is 314 g/mol. The van der Waals surface area contributed by atoms with Crippen LogP contribution in [-0.4, -0.2) is 11.9 Å². The van der Waals surface area contributed by atoms with Gasteiger partial charge in [-0.3, -0.25) is 4.79 Å². The fourth-order valence-electron chi connectivity index (χ4n) is 2.31. The number of carbonyl (C=O) groups is 2. The second kappa shape index (κ2) is 7.45. The van der Waals surface area contributed by atoms with E-state index in [1.165, 1.54) is 0 Å². The highest BCUT2D eigenvalue weighted by atomic mass is 16.5. The maximum atomic E-state index is 12.2. The topological polar surface area (TPSA) is 55.4 Å². The van der Waals surface area contributed by atoms with Crippen molar-refractivity contribution in [2.24, 2.45) is 0 Å². The van der Waals surface area contributed by atoms with Crippen molar-refractivity contribution in [2.45, 2.75) is 6.92 Å². The lowest BCUT2D eigenvalue weighted by atomic mass is 10.1. The number of hydrogen-bond donors (Lipinski definition) is 1. The standard InChI is InChI=1S/C21H17NO3/c1-15-12-13-18(22-20(23)16-8-4-2-5-9-16)14-19(15)25-21(24)17-10-6-3-7-11-17/h2-14H,1H3,(H,22,23). The molecule has 4 heteroatoms. The van der Waals surface area contributed by atoms with Crippen LogP contribution in [0.4, 0.5) is 5.69 Å². The third-order valence-corrected chi connectivity index (χ3v) is 3.69. The van der Waals surface area contributed by atoms with E-state index in [2.05, 4.69) is 5.32 Å². The number of amides is 1. The van der Waals surface area contributed by atoms with Crippen LogP contribution in [0.2, 0.25) is 0 Å². The average molecular weight is 331 g/mol. The first kappa shape index (κ1) is 16.5. The number of rotatable bonds is 4. The predicted molar refractivity (Wildman–Crippen MR) is 97.0 cm³/mol. The van der Waals surface area contributed by atoms with Gasteiger partial charge in [-0.2, -0.15) is 0 Å². The van der Waals surface area contributed by atoms with Crippen molar-refractivity contribution < 1.29 is 14.3 Å². The lowest BCUT2D eigenvalue weighted by Gasteiger charge is -2.11. The second-order valence-corrected chi connectivity index (χ2v) is 5.56. The molecule has 0 aliphatic rings. The molecule has 0 atom stereocenters. The van der Waals surface area contributed by atoms with Crippen molar-refractivity contribution in [1.82, 2.24) is 0 Å². The Kier molecular flexibility index (Phi) is 4.90. The molecule has 0 bridgehead atoms. The lowest BCUT2D eigenvalue weighted by Crippen LogP contribution is -2.13. The Labute approximate surface area is 146 Å². The van der Waals surface area contributed by atoms with E-state index in [-0.39, 0.29) is 5.91 Å². The third-order valence-electron chi connectivity index (χ3n) is 3.69. The van der Waals surface area contributed by atoms with Gasteiger partial charge < -0.3 is 10.1 Å². The summed E-state index contributed by atoms with van der Waals surface area (Å²) in [5.74, 6) is -0.236. The van der Waals surface area contributed by atoms with E-state index < -0.39 is 5.97 Å². The molecule has 124 valence electrons. The van der Waals surface area contributed by atoms with E-state index in [0.29, 0.717) is 22.6 Å². The van der Waals surface area contributed by atoms with Gasteiger partial charge in [-0.05, 0) is 42.8 Å². The molecule has 25 heavy (non-hydrogen) atoms. The van der Waals surface area contributed by atoms with Gasteiger partial charge in [-0.1, -0.05) is 42.5 Å². The van der Waals surface area contributed by atoms with Gasteiger partial charge in [0.1, 0.15) is 5.75 Å². The van der Waals surface area contributed by atoms with Crippen LogP contribution in [0.15, 0.2) is 78.9 Å². The molecule has 0 unspecified atom stereocenters. The van der Waals surface area contributed by atoms with E-state index in [0.717, 1.165) is 5.56 Å². The number of nitrogens with one attached hydrogen (secondary N) is 1. The van der Waals surface area contributed by atoms with Crippen LogP contribution < -0.4 is 10.1 Å². The normalized spacial score (nSPS) is 10.1.